The molecule has 1 aliphatic heterocycles. The molecule has 2 aromatic heterocycles. The van der Waals surface area contributed by atoms with Crippen LogP contribution in [0.4, 0.5) is 0 Å². The number of nitrogens with zero attached hydrogens (tertiary/aromatic N) is 4. The van der Waals surface area contributed by atoms with Gasteiger partial charge >= 0.3 is 0 Å². The van der Waals surface area contributed by atoms with Crippen LogP contribution >= 0.6 is 0 Å². The number of hydrogen-bond acceptors (Lipinski definition) is 4. The Labute approximate surface area is 194 Å². The molecular weight excluding hydrogens is 414 g/mol. The van der Waals surface area contributed by atoms with Crippen LogP contribution in [0.1, 0.15) is 49.4 Å². The Kier molecular flexibility index (Phi) is 6.31. The Morgan fingerprint density at radius 2 is 1.85 bits per heavy atom. The number of nitrogens with one attached hydrogen (secondary N) is 1. The van der Waals surface area contributed by atoms with Crippen LogP contribution in [0.25, 0.3) is 11.1 Å². The molecule has 172 valence electrons. The minimum Gasteiger partial charge on any atom is -0.339 e. The van der Waals surface area contributed by atoms with Crippen molar-refractivity contribution in [2.45, 2.75) is 45.6 Å². The first-order valence-electron chi connectivity index (χ1n) is 11.4. The van der Waals surface area contributed by atoms with Crippen LogP contribution in [0.5, 0.6) is 0 Å². The van der Waals surface area contributed by atoms with E-state index >= 15 is 0 Å². The van der Waals surface area contributed by atoms with Gasteiger partial charge in [0.05, 0.1) is 0 Å². The Morgan fingerprint density at radius 3 is 2.52 bits per heavy atom. The molecule has 7 heteroatoms. The zero-order valence-electron chi connectivity index (χ0n) is 19.7. The van der Waals surface area contributed by atoms with Crippen molar-refractivity contribution in [1.82, 2.24) is 25.0 Å². The first kappa shape index (κ1) is 22.7. The lowest BCUT2D eigenvalue weighted by Gasteiger charge is -2.40. The summed E-state index contributed by atoms with van der Waals surface area (Å²) in [5, 5.41) is 7.27. The van der Waals surface area contributed by atoms with Gasteiger partial charge in [0.1, 0.15) is 11.7 Å². The van der Waals surface area contributed by atoms with Gasteiger partial charge in [0, 0.05) is 49.6 Å². The monoisotopic (exact) mass is 445 g/mol. The molecule has 33 heavy (non-hydrogen) atoms. The second-order valence-electron chi connectivity index (χ2n) is 9.45. The van der Waals surface area contributed by atoms with E-state index in [1.54, 1.807) is 23.4 Å². The maximum Gasteiger partial charge on any atom is 0.275 e. The quantitative estimate of drug-likeness (QED) is 0.649. The van der Waals surface area contributed by atoms with Gasteiger partial charge in [-0.25, -0.2) is 0 Å². The molecule has 1 aliphatic rings. The van der Waals surface area contributed by atoms with Gasteiger partial charge in [-0.05, 0) is 41.8 Å². The lowest BCUT2D eigenvalue weighted by Crippen LogP contribution is -2.59. The van der Waals surface area contributed by atoms with Crippen molar-refractivity contribution in [3.63, 3.8) is 0 Å². The van der Waals surface area contributed by atoms with Gasteiger partial charge in [0.15, 0.2) is 0 Å². The summed E-state index contributed by atoms with van der Waals surface area (Å²) in [7, 11) is 0. The molecule has 0 radical (unpaired) electrons. The zero-order valence-corrected chi connectivity index (χ0v) is 19.7. The number of rotatable bonds is 5. The maximum absolute atomic E-state index is 13.5. The third-order valence-electron chi connectivity index (χ3n) is 6.25. The van der Waals surface area contributed by atoms with E-state index in [1.165, 1.54) is 0 Å². The summed E-state index contributed by atoms with van der Waals surface area (Å²) in [6.07, 6.45) is 3.96. The minimum absolute atomic E-state index is 0.0202. The number of benzene rings is 1. The third-order valence-corrected chi connectivity index (χ3v) is 6.25. The summed E-state index contributed by atoms with van der Waals surface area (Å²) >= 11 is 0. The number of aromatic amines is 1. The number of hydrogen-bond donors (Lipinski definition) is 1. The Morgan fingerprint density at radius 1 is 1.12 bits per heavy atom. The van der Waals surface area contributed by atoms with Crippen molar-refractivity contribution in [3.05, 3.63) is 71.8 Å². The Balaban J connectivity index is 1.67. The van der Waals surface area contributed by atoms with Crippen LogP contribution in [0.15, 0.2) is 54.9 Å². The summed E-state index contributed by atoms with van der Waals surface area (Å²) in [6, 6.07) is 13.2. The molecule has 0 unspecified atom stereocenters. The summed E-state index contributed by atoms with van der Waals surface area (Å²) in [4.78, 5) is 34.6. The van der Waals surface area contributed by atoms with E-state index in [0.29, 0.717) is 31.7 Å². The van der Waals surface area contributed by atoms with Gasteiger partial charge in [-0.3, -0.25) is 19.7 Å². The van der Waals surface area contributed by atoms with Crippen molar-refractivity contribution in [3.8, 4) is 11.1 Å². The van der Waals surface area contributed by atoms with Gasteiger partial charge in [0.2, 0.25) is 5.91 Å². The second kappa shape index (κ2) is 9.17. The van der Waals surface area contributed by atoms with Crippen molar-refractivity contribution in [2.75, 3.05) is 19.6 Å². The first-order valence-corrected chi connectivity index (χ1v) is 11.4. The lowest BCUT2D eigenvalue weighted by molar-refractivity contribution is -0.139. The summed E-state index contributed by atoms with van der Waals surface area (Å²) in [6.45, 7) is 9.81. The number of aromatic nitrogens is 3. The Hall–Kier alpha value is -3.48. The van der Waals surface area contributed by atoms with E-state index in [1.807, 2.05) is 48.2 Å². The van der Waals surface area contributed by atoms with E-state index in [-0.39, 0.29) is 17.2 Å². The SMILES string of the molecule is CCN1CCN(C(=O)c2cc(C(C)(C)C)[nH]n2)[C@H](Cc2ccccc2-c2ccncc2)C1=O. The van der Waals surface area contributed by atoms with Gasteiger partial charge in [-0.2, -0.15) is 5.10 Å². The molecule has 0 saturated carbocycles. The highest BCUT2D eigenvalue weighted by molar-refractivity contribution is 5.97. The topological polar surface area (TPSA) is 82.2 Å². The van der Waals surface area contributed by atoms with Gasteiger partial charge in [0.25, 0.3) is 5.91 Å². The highest BCUT2D eigenvalue weighted by Crippen LogP contribution is 2.27. The second-order valence-corrected chi connectivity index (χ2v) is 9.45. The number of carbonyl (C=O) groups is 2. The van der Waals surface area contributed by atoms with E-state index in [0.717, 1.165) is 22.4 Å². The van der Waals surface area contributed by atoms with Crippen molar-refractivity contribution in [2.24, 2.45) is 0 Å². The van der Waals surface area contributed by atoms with Crippen LogP contribution in [0.2, 0.25) is 0 Å². The van der Waals surface area contributed by atoms with E-state index in [2.05, 4.69) is 36.0 Å². The van der Waals surface area contributed by atoms with Crippen LogP contribution in [0, 0.1) is 0 Å². The van der Waals surface area contributed by atoms with Crippen molar-refractivity contribution in [1.29, 1.82) is 0 Å². The van der Waals surface area contributed by atoms with Crippen LogP contribution in [-0.2, 0) is 16.6 Å². The highest BCUT2D eigenvalue weighted by Gasteiger charge is 2.38. The smallest absolute Gasteiger partial charge is 0.275 e. The van der Waals surface area contributed by atoms with Gasteiger partial charge < -0.3 is 9.80 Å². The van der Waals surface area contributed by atoms with Gasteiger partial charge in [-0.15, -0.1) is 0 Å². The maximum atomic E-state index is 13.5. The molecule has 1 N–H and O–H groups in total. The molecule has 2 amide bonds. The molecule has 0 spiro atoms. The summed E-state index contributed by atoms with van der Waals surface area (Å²) < 4.78 is 0. The standard InChI is InChI=1S/C26H31N5O2/c1-5-30-14-15-31(24(32)21-17-23(29-28-21)26(2,3)4)22(25(30)33)16-19-8-6-7-9-20(19)18-10-12-27-13-11-18/h6-13,17,22H,5,14-16H2,1-4H3,(H,28,29)/t22-/m1/s1. The summed E-state index contributed by atoms with van der Waals surface area (Å²) in [5.41, 5.74) is 4.20. The lowest BCUT2D eigenvalue weighted by atomic mass is 9.92. The molecule has 7 nitrogen and oxygen atoms in total. The predicted octanol–water partition coefficient (Wildman–Crippen LogP) is 3.68. The van der Waals surface area contributed by atoms with E-state index in [4.69, 9.17) is 0 Å². The average Bonchev–Trinajstić information content (AvgIpc) is 3.32. The molecule has 1 saturated heterocycles. The molecule has 0 aliphatic carbocycles. The minimum atomic E-state index is -0.580. The molecule has 4 rings (SSSR count). The number of amides is 2. The molecule has 3 heterocycles. The number of H-pyrrole nitrogens is 1. The summed E-state index contributed by atoms with van der Waals surface area (Å²) in [5.74, 6) is -0.231. The molecule has 1 fully saturated rings. The fourth-order valence-corrected chi connectivity index (χ4v) is 4.28. The predicted molar refractivity (Wildman–Crippen MR) is 128 cm³/mol. The molecule has 3 aromatic rings. The van der Waals surface area contributed by atoms with E-state index in [9.17, 15) is 9.59 Å². The fourth-order valence-electron chi connectivity index (χ4n) is 4.28. The van der Waals surface area contributed by atoms with Crippen molar-refractivity contribution >= 4 is 11.8 Å². The van der Waals surface area contributed by atoms with Crippen molar-refractivity contribution < 1.29 is 9.59 Å². The van der Waals surface area contributed by atoms with Crippen LogP contribution in [-0.4, -0.2) is 62.5 Å². The number of piperazine rings is 1. The molecule has 0 bridgehead atoms. The molecular formula is C26H31N5O2. The van der Waals surface area contributed by atoms with Gasteiger partial charge in [-0.1, -0.05) is 45.0 Å². The fraction of sp³-hybridized carbons (Fsp3) is 0.385. The van der Waals surface area contributed by atoms with E-state index < -0.39 is 6.04 Å². The molecule has 1 atom stereocenters. The number of pyridine rings is 1. The number of carbonyl (C=O) groups excluding carboxylic acids is 2. The zero-order chi connectivity index (χ0) is 23.6. The van der Waals surface area contributed by atoms with Crippen LogP contribution in [0.3, 0.4) is 0 Å². The third kappa shape index (κ3) is 4.67. The first-order chi connectivity index (χ1) is 15.8. The molecule has 1 aromatic carbocycles. The number of likely N-dealkylation sites (N-methyl/N-ethyl adjacent to an activating group) is 1. The highest BCUT2D eigenvalue weighted by atomic mass is 16.2. The normalized spacial score (nSPS) is 16.8. The largest absolute Gasteiger partial charge is 0.339 e. The van der Waals surface area contributed by atoms with Crippen LogP contribution < -0.4 is 0 Å². The average molecular weight is 446 g/mol. The Bertz CT molecular complexity index is 1130.